The molecule has 0 aliphatic carbocycles. The highest BCUT2D eigenvalue weighted by Gasteiger charge is 2.21. The molecule has 38 heavy (non-hydrogen) atoms. The molecule has 1 fully saturated rings. The van der Waals surface area contributed by atoms with Crippen molar-refractivity contribution in [3.63, 3.8) is 0 Å². The van der Waals surface area contributed by atoms with Gasteiger partial charge in [-0.1, -0.05) is 6.07 Å². The predicted octanol–water partition coefficient (Wildman–Crippen LogP) is 4.14. The van der Waals surface area contributed by atoms with Crippen LogP contribution < -0.4 is 21.5 Å². The SMILES string of the molecule is CCNC(=O)c1cnc(Nc2ccc(C3CCN(C)CC3)c(C)c2)nc1Nc1ccc(=O)n(C(C)(C)C)n1. The molecule has 0 bridgehead atoms. The van der Waals surface area contributed by atoms with Crippen molar-refractivity contribution >= 4 is 29.2 Å². The van der Waals surface area contributed by atoms with Crippen LogP contribution in [-0.2, 0) is 5.54 Å². The molecule has 3 N–H and O–H groups in total. The average Bonchev–Trinajstić information content (AvgIpc) is 2.86. The third-order valence-corrected chi connectivity index (χ3v) is 6.74. The molecule has 0 atom stereocenters. The maximum atomic E-state index is 12.7. The molecule has 1 aliphatic rings. The van der Waals surface area contributed by atoms with Gasteiger partial charge in [-0.05, 0) is 103 Å². The van der Waals surface area contributed by atoms with E-state index in [1.54, 1.807) is 6.07 Å². The van der Waals surface area contributed by atoms with Crippen LogP contribution in [0.2, 0.25) is 0 Å². The quantitative estimate of drug-likeness (QED) is 0.427. The predicted molar refractivity (Wildman–Crippen MR) is 151 cm³/mol. The van der Waals surface area contributed by atoms with Gasteiger partial charge in [0.25, 0.3) is 11.5 Å². The van der Waals surface area contributed by atoms with Crippen LogP contribution in [0.25, 0.3) is 0 Å². The molecule has 4 rings (SSSR count). The van der Waals surface area contributed by atoms with Crippen molar-refractivity contribution in [3.05, 3.63) is 63.6 Å². The summed E-state index contributed by atoms with van der Waals surface area (Å²) in [7, 11) is 2.17. The van der Waals surface area contributed by atoms with Crippen molar-refractivity contribution in [1.29, 1.82) is 0 Å². The van der Waals surface area contributed by atoms with E-state index < -0.39 is 5.54 Å². The van der Waals surface area contributed by atoms with Crippen LogP contribution >= 0.6 is 0 Å². The number of aromatic nitrogens is 4. The second kappa shape index (κ2) is 11.3. The topological polar surface area (TPSA) is 117 Å². The number of likely N-dealkylation sites (tertiary alicyclic amines) is 1. The lowest BCUT2D eigenvalue weighted by atomic mass is 9.87. The summed E-state index contributed by atoms with van der Waals surface area (Å²) in [6.07, 6.45) is 3.82. The summed E-state index contributed by atoms with van der Waals surface area (Å²) < 4.78 is 1.40. The molecule has 1 aliphatic heterocycles. The minimum atomic E-state index is -0.507. The summed E-state index contributed by atoms with van der Waals surface area (Å²) in [5.74, 6) is 1.31. The van der Waals surface area contributed by atoms with Crippen LogP contribution in [0, 0.1) is 6.92 Å². The first-order valence-electron chi connectivity index (χ1n) is 13.1. The minimum Gasteiger partial charge on any atom is -0.352 e. The zero-order valence-electron chi connectivity index (χ0n) is 23.1. The van der Waals surface area contributed by atoms with E-state index in [0.717, 1.165) is 18.8 Å². The normalized spacial score (nSPS) is 14.8. The number of hydrogen-bond acceptors (Lipinski definition) is 8. The Kier molecular flexibility index (Phi) is 8.11. The first kappa shape index (κ1) is 27.3. The monoisotopic (exact) mass is 518 g/mol. The fraction of sp³-hybridized carbons (Fsp3) is 0.464. The number of piperidine rings is 1. The number of carbonyl (C=O) groups is 1. The molecule has 0 saturated carbocycles. The number of rotatable bonds is 7. The summed E-state index contributed by atoms with van der Waals surface area (Å²) in [4.78, 5) is 36.4. The molecule has 0 radical (unpaired) electrons. The van der Waals surface area contributed by atoms with Crippen LogP contribution in [0.1, 0.15) is 67.9 Å². The summed E-state index contributed by atoms with van der Waals surface area (Å²) in [5, 5.41) is 13.6. The first-order chi connectivity index (χ1) is 18.0. The lowest BCUT2D eigenvalue weighted by Gasteiger charge is -2.30. The van der Waals surface area contributed by atoms with Gasteiger partial charge in [-0.25, -0.2) is 9.67 Å². The van der Waals surface area contributed by atoms with Gasteiger partial charge >= 0.3 is 0 Å². The van der Waals surface area contributed by atoms with E-state index >= 15 is 0 Å². The van der Waals surface area contributed by atoms with Gasteiger partial charge in [0.2, 0.25) is 5.95 Å². The van der Waals surface area contributed by atoms with Crippen LogP contribution in [0.5, 0.6) is 0 Å². The summed E-state index contributed by atoms with van der Waals surface area (Å²) in [6, 6.07) is 9.38. The Morgan fingerprint density at radius 3 is 2.50 bits per heavy atom. The summed E-state index contributed by atoms with van der Waals surface area (Å²) in [5.41, 5.74) is 3.05. The molecular weight excluding hydrogens is 480 g/mol. The Labute approximate surface area is 223 Å². The lowest BCUT2D eigenvalue weighted by Crippen LogP contribution is -2.35. The maximum absolute atomic E-state index is 12.7. The van der Waals surface area contributed by atoms with E-state index in [1.165, 1.54) is 40.9 Å². The zero-order chi connectivity index (χ0) is 27.4. The van der Waals surface area contributed by atoms with Crippen LogP contribution in [0.4, 0.5) is 23.3 Å². The minimum absolute atomic E-state index is 0.212. The summed E-state index contributed by atoms with van der Waals surface area (Å²) >= 11 is 0. The fourth-order valence-corrected chi connectivity index (χ4v) is 4.70. The second-order valence-corrected chi connectivity index (χ2v) is 10.9. The van der Waals surface area contributed by atoms with Gasteiger partial charge in [-0.2, -0.15) is 10.1 Å². The van der Waals surface area contributed by atoms with Crippen molar-refractivity contribution in [1.82, 2.24) is 30.0 Å². The second-order valence-electron chi connectivity index (χ2n) is 10.9. The Hall–Kier alpha value is -3.79. The highest BCUT2D eigenvalue weighted by atomic mass is 16.1. The molecule has 1 aromatic carbocycles. The molecule has 202 valence electrons. The standard InChI is InChI=1S/C28H38N8O2/c1-7-29-26(38)22-17-30-27(33-25(22)32-23-10-11-24(37)36(34-23)28(3,4)5)31-20-8-9-21(18(2)16-20)19-12-14-35(6)15-13-19/h8-11,16-17,19H,7,12-15H2,1-6H3,(H,29,38)(H2,30,31,32,33,34). The number of carbonyl (C=O) groups excluding carboxylic acids is 1. The van der Waals surface area contributed by atoms with E-state index in [4.69, 9.17) is 0 Å². The summed E-state index contributed by atoms with van der Waals surface area (Å²) in [6.45, 7) is 12.4. The number of hydrogen-bond donors (Lipinski definition) is 3. The van der Waals surface area contributed by atoms with Gasteiger partial charge in [0, 0.05) is 24.5 Å². The maximum Gasteiger partial charge on any atom is 0.267 e. The van der Waals surface area contributed by atoms with Crippen molar-refractivity contribution in [2.45, 2.75) is 58.9 Å². The van der Waals surface area contributed by atoms with Crippen molar-refractivity contribution in [2.24, 2.45) is 0 Å². The Bertz CT molecular complexity index is 1350. The first-order valence-corrected chi connectivity index (χ1v) is 13.1. The number of nitrogens with one attached hydrogen (secondary N) is 3. The third-order valence-electron chi connectivity index (χ3n) is 6.74. The molecule has 3 aromatic rings. The van der Waals surface area contributed by atoms with E-state index in [1.807, 2.05) is 27.7 Å². The largest absolute Gasteiger partial charge is 0.352 e. The fourth-order valence-electron chi connectivity index (χ4n) is 4.70. The Balaban J connectivity index is 1.61. The number of amides is 1. The van der Waals surface area contributed by atoms with E-state index in [0.29, 0.717) is 30.0 Å². The van der Waals surface area contributed by atoms with E-state index in [9.17, 15) is 9.59 Å². The molecule has 1 saturated heterocycles. The van der Waals surface area contributed by atoms with Gasteiger partial charge in [0.1, 0.15) is 11.4 Å². The van der Waals surface area contributed by atoms with Crippen LogP contribution in [0.15, 0.2) is 41.3 Å². The zero-order valence-corrected chi connectivity index (χ0v) is 23.1. The van der Waals surface area contributed by atoms with Crippen LogP contribution in [0.3, 0.4) is 0 Å². The van der Waals surface area contributed by atoms with Crippen molar-refractivity contribution in [3.8, 4) is 0 Å². The van der Waals surface area contributed by atoms with Gasteiger partial charge in [-0.3, -0.25) is 9.59 Å². The number of benzene rings is 1. The average molecular weight is 519 g/mol. The Morgan fingerprint density at radius 2 is 1.84 bits per heavy atom. The smallest absolute Gasteiger partial charge is 0.267 e. The van der Waals surface area contributed by atoms with E-state index in [2.05, 4.69) is 68.1 Å². The number of nitrogens with zero attached hydrogens (tertiary/aromatic N) is 5. The molecule has 2 aromatic heterocycles. The van der Waals surface area contributed by atoms with Gasteiger partial charge < -0.3 is 20.9 Å². The molecule has 10 heteroatoms. The highest BCUT2D eigenvalue weighted by Crippen LogP contribution is 2.31. The van der Waals surface area contributed by atoms with Crippen LogP contribution in [-0.4, -0.2) is 57.2 Å². The molecule has 1 amide bonds. The van der Waals surface area contributed by atoms with Crippen molar-refractivity contribution < 1.29 is 4.79 Å². The molecule has 10 nitrogen and oxygen atoms in total. The molecule has 3 heterocycles. The van der Waals surface area contributed by atoms with Gasteiger partial charge in [0.15, 0.2) is 5.82 Å². The van der Waals surface area contributed by atoms with Gasteiger partial charge in [-0.15, -0.1) is 0 Å². The molecule has 0 unspecified atom stereocenters. The Morgan fingerprint density at radius 1 is 1.11 bits per heavy atom. The lowest BCUT2D eigenvalue weighted by molar-refractivity contribution is 0.0956. The van der Waals surface area contributed by atoms with Gasteiger partial charge in [0.05, 0.1) is 5.54 Å². The number of aryl methyl sites for hydroxylation is 1. The molecular formula is C28H38N8O2. The third kappa shape index (κ3) is 6.36. The van der Waals surface area contributed by atoms with E-state index in [-0.39, 0.29) is 17.0 Å². The molecule has 0 spiro atoms. The highest BCUT2D eigenvalue weighted by molar-refractivity contribution is 5.99. The number of anilines is 4. The van der Waals surface area contributed by atoms with Crippen molar-refractivity contribution in [2.75, 3.05) is 37.3 Å².